The SMILES string of the molecule is CCC(O)c1cc(Cl)nnc1OC. The Labute approximate surface area is 81.5 Å². The van der Waals surface area contributed by atoms with E-state index in [1.54, 1.807) is 6.07 Å². The predicted octanol–water partition coefficient (Wildman–Crippen LogP) is 1.58. The summed E-state index contributed by atoms with van der Waals surface area (Å²) in [6, 6.07) is 1.56. The van der Waals surface area contributed by atoms with Gasteiger partial charge in [0.2, 0.25) is 5.88 Å². The van der Waals surface area contributed by atoms with Crippen molar-refractivity contribution in [3.05, 3.63) is 16.8 Å². The molecular formula is C8H11ClN2O2. The second kappa shape index (κ2) is 4.39. The summed E-state index contributed by atoms with van der Waals surface area (Å²) in [5.74, 6) is 0.318. The van der Waals surface area contributed by atoms with Crippen molar-refractivity contribution in [2.45, 2.75) is 19.4 Å². The minimum Gasteiger partial charge on any atom is -0.480 e. The Kier molecular flexibility index (Phi) is 3.45. The lowest BCUT2D eigenvalue weighted by atomic mass is 10.1. The van der Waals surface area contributed by atoms with Gasteiger partial charge in [-0.05, 0) is 12.5 Å². The van der Waals surface area contributed by atoms with Crippen molar-refractivity contribution in [2.24, 2.45) is 0 Å². The molecule has 0 amide bonds. The first-order chi connectivity index (χ1) is 6.19. The Morgan fingerprint density at radius 2 is 2.31 bits per heavy atom. The summed E-state index contributed by atoms with van der Waals surface area (Å²) in [5.41, 5.74) is 0.574. The molecule has 72 valence electrons. The maximum absolute atomic E-state index is 9.56. The highest BCUT2D eigenvalue weighted by atomic mass is 35.5. The van der Waals surface area contributed by atoms with Gasteiger partial charge in [-0.25, -0.2) is 0 Å². The quantitative estimate of drug-likeness (QED) is 0.809. The molecule has 0 radical (unpaired) electrons. The Hall–Kier alpha value is -0.870. The van der Waals surface area contributed by atoms with Crippen LogP contribution in [0.15, 0.2) is 6.07 Å². The van der Waals surface area contributed by atoms with Gasteiger partial charge >= 0.3 is 0 Å². The van der Waals surface area contributed by atoms with E-state index in [2.05, 4.69) is 10.2 Å². The average molecular weight is 203 g/mol. The van der Waals surface area contributed by atoms with Crippen molar-refractivity contribution < 1.29 is 9.84 Å². The Morgan fingerprint density at radius 3 is 2.85 bits per heavy atom. The van der Waals surface area contributed by atoms with Gasteiger partial charge in [-0.1, -0.05) is 18.5 Å². The molecule has 1 aromatic heterocycles. The molecule has 13 heavy (non-hydrogen) atoms. The molecule has 0 saturated heterocycles. The van der Waals surface area contributed by atoms with Crippen LogP contribution in [0.1, 0.15) is 25.0 Å². The molecule has 1 unspecified atom stereocenters. The van der Waals surface area contributed by atoms with Gasteiger partial charge in [-0.15, -0.1) is 10.2 Å². The van der Waals surface area contributed by atoms with Gasteiger partial charge in [0.25, 0.3) is 0 Å². The summed E-state index contributed by atoms with van der Waals surface area (Å²) in [4.78, 5) is 0. The minimum absolute atomic E-state index is 0.253. The van der Waals surface area contributed by atoms with E-state index in [1.165, 1.54) is 7.11 Å². The van der Waals surface area contributed by atoms with E-state index in [4.69, 9.17) is 16.3 Å². The number of methoxy groups -OCH3 is 1. The molecule has 1 rings (SSSR count). The van der Waals surface area contributed by atoms with Crippen LogP contribution >= 0.6 is 11.6 Å². The number of halogens is 1. The minimum atomic E-state index is -0.608. The first-order valence-corrected chi connectivity index (χ1v) is 4.32. The summed E-state index contributed by atoms with van der Waals surface area (Å²) < 4.78 is 4.93. The van der Waals surface area contributed by atoms with Crippen LogP contribution in [0.4, 0.5) is 0 Å². The van der Waals surface area contributed by atoms with Gasteiger partial charge in [0.15, 0.2) is 5.15 Å². The smallest absolute Gasteiger partial charge is 0.239 e. The third-order valence-corrected chi connectivity index (χ3v) is 1.88. The zero-order valence-electron chi connectivity index (χ0n) is 7.49. The number of aliphatic hydroxyl groups is 1. The standard InChI is InChI=1S/C8H11ClN2O2/c1-3-6(12)5-4-7(9)10-11-8(5)13-2/h4,6,12H,3H2,1-2H3. The number of hydrogen-bond donors (Lipinski definition) is 1. The highest BCUT2D eigenvalue weighted by Gasteiger charge is 2.13. The molecule has 5 heteroatoms. The van der Waals surface area contributed by atoms with E-state index in [-0.39, 0.29) is 5.15 Å². The van der Waals surface area contributed by atoms with Crippen LogP contribution in [0, 0.1) is 0 Å². The number of nitrogens with zero attached hydrogens (tertiary/aromatic N) is 2. The molecule has 1 heterocycles. The number of ether oxygens (including phenoxy) is 1. The van der Waals surface area contributed by atoms with Crippen LogP contribution in [0.3, 0.4) is 0 Å². The van der Waals surface area contributed by atoms with E-state index >= 15 is 0 Å². The van der Waals surface area contributed by atoms with E-state index in [0.29, 0.717) is 17.9 Å². The predicted molar refractivity (Wildman–Crippen MR) is 48.8 cm³/mol. The lowest BCUT2D eigenvalue weighted by Gasteiger charge is -2.10. The Morgan fingerprint density at radius 1 is 1.62 bits per heavy atom. The maximum Gasteiger partial charge on any atom is 0.239 e. The molecule has 4 nitrogen and oxygen atoms in total. The van der Waals surface area contributed by atoms with E-state index in [0.717, 1.165) is 0 Å². The molecule has 0 fully saturated rings. The number of hydrogen-bond acceptors (Lipinski definition) is 4. The highest BCUT2D eigenvalue weighted by molar-refractivity contribution is 6.29. The molecule has 1 N–H and O–H groups in total. The lowest BCUT2D eigenvalue weighted by Crippen LogP contribution is -2.02. The largest absolute Gasteiger partial charge is 0.480 e. The van der Waals surface area contributed by atoms with E-state index in [9.17, 15) is 5.11 Å². The van der Waals surface area contributed by atoms with E-state index < -0.39 is 6.10 Å². The van der Waals surface area contributed by atoms with Crippen molar-refractivity contribution in [2.75, 3.05) is 7.11 Å². The number of rotatable bonds is 3. The Bertz CT molecular complexity index is 293. The summed E-state index contributed by atoms with van der Waals surface area (Å²) in [5, 5.41) is 17.1. The average Bonchev–Trinajstić information content (AvgIpc) is 2.16. The van der Waals surface area contributed by atoms with Crippen molar-refractivity contribution >= 4 is 11.6 Å². The van der Waals surface area contributed by atoms with Gasteiger partial charge < -0.3 is 9.84 Å². The van der Waals surface area contributed by atoms with Crippen LogP contribution in [-0.2, 0) is 0 Å². The van der Waals surface area contributed by atoms with E-state index in [1.807, 2.05) is 6.92 Å². The van der Waals surface area contributed by atoms with Crippen LogP contribution < -0.4 is 4.74 Å². The summed E-state index contributed by atoms with van der Waals surface area (Å²) in [7, 11) is 1.48. The fraction of sp³-hybridized carbons (Fsp3) is 0.500. The van der Waals surface area contributed by atoms with Crippen molar-refractivity contribution in [3.8, 4) is 5.88 Å². The molecule has 0 spiro atoms. The third kappa shape index (κ3) is 2.29. The van der Waals surface area contributed by atoms with Gasteiger partial charge in [-0.3, -0.25) is 0 Å². The second-order valence-electron chi connectivity index (χ2n) is 2.56. The molecule has 0 aliphatic rings. The monoisotopic (exact) mass is 202 g/mol. The summed E-state index contributed by atoms with van der Waals surface area (Å²) >= 11 is 5.63. The maximum atomic E-state index is 9.56. The lowest BCUT2D eigenvalue weighted by molar-refractivity contribution is 0.168. The van der Waals surface area contributed by atoms with Crippen LogP contribution in [0.5, 0.6) is 5.88 Å². The fourth-order valence-corrected chi connectivity index (χ4v) is 1.14. The summed E-state index contributed by atoms with van der Waals surface area (Å²) in [6.45, 7) is 1.86. The molecule has 0 aliphatic heterocycles. The highest BCUT2D eigenvalue weighted by Crippen LogP contribution is 2.25. The molecule has 1 aromatic rings. The normalized spacial score (nSPS) is 12.6. The van der Waals surface area contributed by atoms with Crippen LogP contribution in [0.25, 0.3) is 0 Å². The molecule has 0 bridgehead atoms. The van der Waals surface area contributed by atoms with Crippen molar-refractivity contribution in [3.63, 3.8) is 0 Å². The van der Waals surface area contributed by atoms with Gasteiger partial charge in [-0.2, -0.15) is 0 Å². The molecule has 0 aromatic carbocycles. The zero-order valence-corrected chi connectivity index (χ0v) is 8.25. The zero-order chi connectivity index (χ0) is 9.84. The summed E-state index contributed by atoms with van der Waals surface area (Å²) in [6.07, 6.45) is -0.0267. The second-order valence-corrected chi connectivity index (χ2v) is 2.94. The van der Waals surface area contributed by atoms with Crippen molar-refractivity contribution in [1.29, 1.82) is 0 Å². The molecule has 0 aliphatic carbocycles. The third-order valence-electron chi connectivity index (χ3n) is 1.70. The van der Waals surface area contributed by atoms with Gasteiger partial charge in [0.1, 0.15) is 0 Å². The Balaban J connectivity index is 3.07. The molecule has 0 saturated carbocycles. The first-order valence-electron chi connectivity index (χ1n) is 3.94. The van der Waals surface area contributed by atoms with Gasteiger partial charge in [0, 0.05) is 5.56 Å². The topological polar surface area (TPSA) is 55.2 Å². The number of aromatic nitrogens is 2. The van der Waals surface area contributed by atoms with Crippen LogP contribution in [-0.4, -0.2) is 22.4 Å². The van der Waals surface area contributed by atoms with Crippen molar-refractivity contribution in [1.82, 2.24) is 10.2 Å². The first kappa shape index (κ1) is 10.2. The van der Waals surface area contributed by atoms with Crippen LogP contribution in [0.2, 0.25) is 5.15 Å². The molecule has 1 atom stereocenters. The number of aliphatic hydroxyl groups excluding tert-OH is 1. The molecular weight excluding hydrogens is 192 g/mol. The van der Waals surface area contributed by atoms with Gasteiger partial charge in [0.05, 0.1) is 13.2 Å². The fourth-order valence-electron chi connectivity index (χ4n) is 0.987.